The molecule has 3 nitrogen and oxygen atoms in total. The highest BCUT2D eigenvalue weighted by atomic mass is 16.5. The van der Waals surface area contributed by atoms with Crippen molar-refractivity contribution in [2.45, 2.75) is 18.9 Å². The van der Waals surface area contributed by atoms with Crippen LogP contribution < -0.4 is 4.74 Å². The Balaban J connectivity index is 1.77. The van der Waals surface area contributed by atoms with Crippen molar-refractivity contribution in [2.75, 3.05) is 0 Å². The van der Waals surface area contributed by atoms with Crippen LogP contribution in [0, 0.1) is 0 Å². The average molecular weight is 251 g/mol. The Kier molecular flexibility index (Phi) is 3.13. The van der Waals surface area contributed by atoms with E-state index in [9.17, 15) is 4.79 Å². The molecule has 0 spiro atoms. The first-order chi connectivity index (χ1) is 9.36. The normalized spacial score (nSPS) is 16.5. The standard InChI is InChI=1S/C16H13NO2/c18-11-17-13-6-8-14(9-7-13)19-16-10-5-12-3-1-2-4-15(12)16/h1-4,6-9,16H,5,10H2. The van der Waals surface area contributed by atoms with E-state index in [0.29, 0.717) is 5.69 Å². The fourth-order valence-electron chi connectivity index (χ4n) is 2.46. The molecule has 19 heavy (non-hydrogen) atoms. The molecule has 0 heterocycles. The summed E-state index contributed by atoms with van der Waals surface area (Å²) in [5.41, 5.74) is 3.24. The fourth-order valence-corrected chi connectivity index (χ4v) is 2.46. The Labute approximate surface area is 111 Å². The maximum Gasteiger partial charge on any atom is 0.240 e. The summed E-state index contributed by atoms with van der Waals surface area (Å²) in [5.74, 6) is 0.798. The van der Waals surface area contributed by atoms with Crippen molar-refractivity contribution in [2.24, 2.45) is 4.99 Å². The van der Waals surface area contributed by atoms with Crippen LogP contribution in [0.5, 0.6) is 5.75 Å². The Morgan fingerprint density at radius 1 is 1.11 bits per heavy atom. The smallest absolute Gasteiger partial charge is 0.240 e. The van der Waals surface area contributed by atoms with E-state index in [-0.39, 0.29) is 6.10 Å². The number of carbonyl (C=O) groups excluding carboxylic acids is 1. The van der Waals surface area contributed by atoms with Gasteiger partial charge in [-0.1, -0.05) is 24.3 Å². The predicted octanol–water partition coefficient (Wildman–Crippen LogP) is 3.72. The topological polar surface area (TPSA) is 38.7 Å². The minimum Gasteiger partial charge on any atom is -0.486 e. The van der Waals surface area contributed by atoms with Gasteiger partial charge in [-0.15, -0.1) is 0 Å². The Morgan fingerprint density at radius 2 is 1.89 bits per heavy atom. The fraction of sp³-hybridized carbons (Fsp3) is 0.188. The lowest BCUT2D eigenvalue weighted by Crippen LogP contribution is -2.02. The third-order valence-electron chi connectivity index (χ3n) is 3.37. The molecule has 1 atom stereocenters. The molecule has 94 valence electrons. The van der Waals surface area contributed by atoms with Gasteiger partial charge in [-0.05, 0) is 48.2 Å². The zero-order valence-electron chi connectivity index (χ0n) is 10.4. The van der Waals surface area contributed by atoms with Crippen molar-refractivity contribution in [1.29, 1.82) is 0 Å². The number of fused-ring (bicyclic) bond motifs is 1. The number of hydrogen-bond donors (Lipinski definition) is 0. The maximum absolute atomic E-state index is 10.2. The third kappa shape index (κ3) is 2.42. The number of hydrogen-bond acceptors (Lipinski definition) is 3. The van der Waals surface area contributed by atoms with Gasteiger partial charge in [0.05, 0.1) is 5.69 Å². The van der Waals surface area contributed by atoms with Crippen LogP contribution in [0.1, 0.15) is 23.7 Å². The van der Waals surface area contributed by atoms with Crippen LogP contribution >= 0.6 is 0 Å². The van der Waals surface area contributed by atoms with Crippen LogP contribution in [0.4, 0.5) is 5.69 Å². The molecule has 0 bridgehead atoms. The quantitative estimate of drug-likeness (QED) is 0.616. The zero-order chi connectivity index (χ0) is 13.1. The number of ether oxygens (including phenoxy) is 1. The molecule has 3 rings (SSSR count). The second kappa shape index (κ2) is 5.09. The van der Waals surface area contributed by atoms with Gasteiger partial charge in [0.25, 0.3) is 0 Å². The summed E-state index contributed by atoms with van der Waals surface area (Å²) in [6.07, 6.45) is 3.72. The van der Waals surface area contributed by atoms with E-state index in [2.05, 4.69) is 23.2 Å². The molecule has 1 unspecified atom stereocenters. The van der Waals surface area contributed by atoms with Crippen molar-refractivity contribution in [3.8, 4) is 5.75 Å². The molecule has 2 aromatic rings. The SMILES string of the molecule is O=C=Nc1ccc(OC2CCc3ccccc32)cc1. The lowest BCUT2D eigenvalue weighted by atomic mass is 10.1. The summed E-state index contributed by atoms with van der Waals surface area (Å²) >= 11 is 0. The lowest BCUT2D eigenvalue weighted by molar-refractivity contribution is 0.207. The first-order valence-corrected chi connectivity index (χ1v) is 6.29. The molecule has 1 aliphatic carbocycles. The molecule has 0 aromatic heterocycles. The third-order valence-corrected chi connectivity index (χ3v) is 3.37. The van der Waals surface area contributed by atoms with Gasteiger partial charge in [0, 0.05) is 0 Å². The number of rotatable bonds is 3. The number of benzene rings is 2. The van der Waals surface area contributed by atoms with Crippen molar-refractivity contribution in [1.82, 2.24) is 0 Å². The van der Waals surface area contributed by atoms with E-state index in [0.717, 1.165) is 18.6 Å². The molecule has 2 aromatic carbocycles. The van der Waals surface area contributed by atoms with Gasteiger partial charge >= 0.3 is 0 Å². The van der Waals surface area contributed by atoms with Gasteiger partial charge in [0.1, 0.15) is 11.9 Å². The lowest BCUT2D eigenvalue weighted by Gasteiger charge is -2.14. The van der Waals surface area contributed by atoms with Gasteiger partial charge in [-0.25, -0.2) is 4.79 Å². The number of isocyanates is 1. The summed E-state index contributed by atoms with van der Waals surface area (Å²) in [4.78, 5) is 13.7. The van der Waals surface area contributed by atoms with Crippen LogP contribution in [0.25, 0.3) is 0 Å². The zero-order valence-corrected chi connectivity index (χ0v) is 10.4. The first-order valence-electron chi connectivity index (χ1n) is 6.29. The minimum atomic E-state index is 0.122. The van der Waals surface area contributed by atoms with Gasteiger partial charge in [0.15, 0.2) is 0 Å². The van der Waals surface area contributed by atoms with E-state index in [1.807, 2.05) is 18.2 Å². The van der Waals surface area contributed by atoms with Gasteiger partial charge in [0.2, 0.25) is 6.08 Å². The van der Waals surface area contributed by atoms with Crippen LogP contribution in [0.15, 0.2) is 53.5 Å². The van der Waals surface area contributed by atoms with E-state index in [1.54, 1.807) is 12.1 Å². The molecule has 0 aliphatic heterocycles. The summed E-state index contributed by atoms with van der Waals surface area (Å²) in [6, 6.07) is 15.5. The Bertz CT molecular complexity index is 627. The molecule has 0 saturated heterocycles. The largest absolute Gasteiger partial charge is 0.486 e. The molecule has 0 N–H and O–H groups in total. The number of aliphatic imine (C=N–C) groups is 1. The number of aryl methyl sites for hydroxylation is 1. The van der Waals surface area contributed by atoms with Crippen molar-refractivity contribution in [3.63, 3.8) is 0 Å². The molecular weight excluding hydrogens is 238 g/mol. The predicted molar refractivity (Wildman–Crippen MR) is 72.4 cm³/mol. The highest BCUT2D eigenvalue weighted by molar-refractivity contribution is 5.50. The van der Waals surface area contributed by atoms with Crippen LogP contribution in [0.3, 0.4) is 0 Å². The second-order valence-electron chi connectivity index (χ2n) is 4.54. The summed E-state index contributed by atoms with van der Waals surface area (Å²) in [6.45, 7) is 0. The Morgan fingerprint density at radius 3 is 2.68 bits per heavy atom. The average Bonchev–Trinajstić information content (AvgIpc) is 2.85. The summed E-state index contributed by atoms with van der Waals surface area (Å²) < 4.78 is 5.99. The highest BCUT2D eigenvalue weighted by Gasteiger charge is 2.23. The molecular formula is C16H13NO2. The van der Waals surface area contributed by atoms with Gasteiger partial charge < -0.3 is 4.74 Å². The van der Waals surface area contributed by atoms with E-state index < -0.39 is 0 Å². The maximum atomic E-state index is 10.2. The molecule has 0 fully saturated rings. The van der Waals surface area contributed by atoms with E-state index in [4.69, 9.17) is 4.74 Å². The Hall–Kier alpha value is -2.38. The molecule has 0 radical (unpaired) electrons. The minimum absolute atomic E-state index is 0.122. The number of nitrogens with zero attached hydrogens (tertiary/aromatic N) is 1. The van der Waals surface area contributed by atoms with Crippen LogP contribution in [0.2, 0.25) is 0 Å². The van der Waals surface area contributed by atoms with Crippen LogP contribution in [-0.2, 0) is 11.2 Å². The van der Waals surface area contributed by atoms with Crippen molar-refractivity contribution < 1.29 is 9.53 Å². The molecule has 3 heteroatoms. The van der Waals surface area contributed by atoms with Gasteiger partial charge in [-0.3, -0.25) is 0 Å². The summed E-state index contributed by atoms with van der Waals surface area (Å²) in [7, 11) is 0. The second-order valence-corrected chi connectivity index (χ2v) is 4.54. The highest BCUT2D eigenvalue weighted by Crippen LogP contribution is 2.35. The van der Waals surface area contributed by atoms with Crippen molar-refractivity contribution >= 4 is 11.8 Å². The monoisotopic (exact) mass is 251 g/mol. The summed E-state index contributed by atoms with van der Waals surface area (Å²) in [5, 5.41) is 0. The van der Waals surface area contributed by atoms with Crippen molar-refractivity contribution in [3.05, 3.63) is 59.7 Å². The van der Waals surface area contributed by atoms with Crippen LogP contribution in [-0.4, -0.2) is 6.08 Å². The molecule has 0 saturated carbocycles. The van der Waals surface area contributed by atoms with Gasteiger partial charge in [-0.2, -0.15) is 4.99 Å². The molecule has 0 amide bonds. The van der Waals surface area contributed by atoms with E-state index >= 15 is 0 Å². The molecule has 1 aliphatic rings. The van der Waals surface area contributed by atoms with E-state index in [1.165, 1.54) is 17.2 Å². The first kappa shape index (κ1) is 11.7.